The summed E-state index contributed by atoms with van der Waals surface area (Å²) in [6, 6.07) is 0. The molecule has 3 unspecified atom stereocenters. The van der Waals surface area contributed by atoms with Gasteiger partial charge in [0.15, 0.2) is 0 Å². The monoisotopic (exact) mass is 260 g/mol. The summed E-state index contributed by atoms with van der Waals surface area (Å²) < 4.78 is 0. The summed E-state index contributed by atoms with van der Waals surface area (Å²) in [4.78, 5) is 0.772. The quantitative estimate of drug-likeness (QED) is 0.494. The van der Waals surface area contributed by atoms with Crippen molar-refractivity contribution in [1.29, 1.82) is 0 Å². The van der Waals surface area contributed by atoms with Gasteiger partial charge in [-0.05, 0) is 43.4 Å². The van der Waals surface area contributed by atoms with Crippen LogP contribution >= 0.6 is 15.9 Å². The molecule has 0 heterocycles. The fourth-order valence-electron chi connectivity index (χ4n) is 2.72. The van der Waals surface area contributed by atoms with Crippen LogP contribution in [0.2, 0.25) is 0 Å². The van der Waals surface area contributed by atoms with Crippen LogP contribution in [0.25, 0.3) is 0 Å². The molecule has 14 heavy (non-hydrogen) atoms. The van der Waals surface area contributed by atoms with Crippen molar-refractivity contribution in [3.8, 4) is 0 Å². The van der Waals surface area contributed by atoms with Crippen molar-refractivity contribution >= 4 is 15.9 Å². The largest absolute Gasteiger partial charge is 0.0888 e. The Balaban J connectivity index is 2.40. The minimum atomic E-state index is 0.772. The van der Waals surface area contributed by atoms with Crippen molar-refractivity contribution in [3.63, 3.8) is 0 Å². The number of rotatable bonds is 3. The Morgan fingerprint density at radius 3 is 2.21 bits per heavy atom. The molecule has 3 atom stereocenters. The van der Waals surface area contributed by atoms with E-state index in [1.165, 1.54) is 38.5 Å². The Labute approximate surface area is 98.0 Å². The molecule has 1 rings (SSSR count). The molecule has 0 spiro atoms. The Bertz CT molecular complexity index is 153. The van der Waals surface area contributed by atoms with Gasteiger partial charge >= 0.3 is 0 Å². The van der Waals surface area contributed by atoms with Gasteiger partial charge in [0.05, 0.1) is 0 Å². The standard InChI is InChI=1S/C13H25Br/c1-4-13(14)12-7-5-6-11(8-9-12)10(2)3/h10-13H,4-9H2,1-3H3. The Morgan fingerprint density at radius 1 is 1.07 bits per heavy atom. The highest BCUT2D eigenvalue weighted by atomic mass is 79.9. The lowest BCUT2D eigenvalue weighted by molar-refractivity contribution is 0.335. The lowest BCUT2D eigenvalue weighted by Gasteiger charge is -2.20. The summed E-state index contributed by atoms with van der Waals surface area (Å²) in [5.74, 6) is 2.84. The van der Waals surface area contributed by atoms with Gasteiger partial charge in [0, 0.05) is 4.83 Å². The molecule has 1 fully saturated rings. The van der Waals surface area contributed by atoms with Gasteiger partial charge in [0.25, 0.3) is 0 Å². The van der Waals surface area contributed by atoms with Crippen LogP contribution in [-0.4, -0.2) is 4.83 Å². The molecule has 1 aliphatic rings. The molecule has 0 aromatic carbocycles. The normalized spacial score (nSPS) is 31.5. The van der Waals surface area contributed by atoms with Gasteiger partial charge in [0.1, 0.15) is 0 Å². The highest BCUT2D eigenvalue weighted by Crippen LogP contribution is 2.35. The van der Waals surface area contributed by atoms with E-state index in [9.17, 15) is 0 Å². The van der Waals surface area contributed by atoms with Crippen LogP contribution < -0.4 is 0 Å². The Morgan fingerprint density at radius 2 is 1.64 bits per heavy atom. The van der Waals surface area contributed by atoms with E-state index >= 15 is 0 Å². The summed E-state index contributed by atoms with van der Waals surface area (Å²) in [5, 5.41) is 0. The van der Waals surface area contributed by atoms with Crippen LogP contribution in [0.5, 0.6) is 0 Å². The predicted octanol–water partition coefficient (Wildman–Crippen LogP) is 5.01. The lowest BCUT2D eigenvalue weighted by Crippen LogP contribution is -2.13. The average Bonchev–Trinajstić information content (AvgIpc) is 2.41. The van der Waals surface area contributed by atoms with Crippen molar-refractivity contribution < 1.29 is 0 Å². The predicted molar refractivity (Wildman–Crippen MR) is 67.9 cm³/mol. The zero-order chi connectivity index (χ0) is 10.6. The maximum atomic E-state index is 3.83. The number of alkyl halides is 1. The van der Waals surface area contributed by atoms with Gasteiger partial charge in [-0.15, -0.1) is 0 Å². The topological polar surface area (TPSA) is 0 Å². The van der Waals surface area contributed by atoms with E-state index in [1.54, 1.807) is 0 Å². The summed E-state index contributed by atoms with van der Waals surface area (Å²) in [6.45, 7) is 7.07. The van der Waals surface area contributed by atoms with Crippen molar-refractivity contribution in [2.45, 2.75) is 64.1 Å². The van der Waals surface area contributed by atoms with Gasteiger partial charge in [0.2, 0.25) is 0 Å². The van der Waals surface area contributed by atoms with Crippen molar-refractivity contribution in [1.82, 2.24) is 0 Å². The molecule has 0 aromatic rings. The van der Waals surface area contributed by atoms with E-state index in [1.807, 2.05) is 0 Å². The van der Waals surface area contributed by atoms with E-state index in [2.05, 4.69) is 36.7 Å². The molecule has 0 amide bonds. The lowest BCUT2D eigenvalue weighted by atomic mass is 9.88. The molecule has 1 saturated carbocycles. The van der Waals surface area contributed by atoms with Gasteiger partial charge in [-0.3, -0.25) is 0 Å². The molecule has 0 saturated heterocycles. The second-order valence-corrected chi connectivity index (χ2v) is 6.37. The first-order chi connectivity index (χ1) is 6.65. The fraction of sp³-hybridized carbons (Fsp3) is 1.00. The van der Waals surface area contributed by atoms with Crippen LogP contribution in [0.4, 0.5) is 0 Å². The number of hydrogen-bond donors (Lipinski definition) is 0. The maximum Gasteiger partial charge on any atom is 0.0171 e. The fourth-order valence-corrected chi connectivity index (χ4v) is 3.25. The van der Waals surface area contributed by atoms with Gasteiger partial charge in [-0.2, -0.15) is 0 Å². The molecule has 0 bridgehead atoms. The van der Waals surface area contributed by atoms with E-state index in [0.717, 1.165) is 22.6 Å². The van der Waals surface area contributed by atoms with Gasteiger partial charge < -0.3 is 0 Å². The average molecular weight is 261 g/mol. The minimum Gasteiger partial charge on any atom is -0.0888 e. The highest BCUT2D eigenvalue weighted by molar-refractivity contribution is 9.09. The number of hydrogen-bond acceptors (Lipinski definition) is 0. The zero-order valence-electron chi connectivity index (χ0n) is 9.93. The van der Waals surface area contributed by atoms with E-state index in [0.29, 0.717) is 0 Å². The molecule has 1 heteroatoms. The second kappa shape index (κ2) is 6.15. The van der Waals surface area contributed by atoms with E-state index < -0.39 is 0 Å². The van der Waals surface area contributed by atoms with E-state index in [4.69, 9.17) is 0 Å². The zero-order valence-corrected chi connectivity index (χ0v) is 11.5. The second-order valence-electron chi connectivity index (χ2n) is 5.20. The first-order valence-electron chi connectivity index (χ1n) is 6.29. The number of halogens is 1. The SMILES string of the molecule is CCC(Br)C1CCCC(C(C)C)CC1. The molecular formula is C13H25Br. The highest BCUT2D eigenvalue weighted by Gasteiger charge is 2.24. The van der Waals surface area contributed by atoms with Crippen LogP contribution in [0.1, 0.15) is 59.3 Å². The third-order valence-corrected chi connectivity index (χ3v) is 5.30. The van der Waals surface area contributed by atoms with Crippen molar-refractivity contribution in [2.24, 2.45) is 17.8 Å². The van der Waals surface area contributed by atoms with Gasteiger partial charge in [-0.25, -0.2) is 0 Å². The summed E-state index contributed by atoms with van der Waals surface area (Å²) in [7, 11) is 0. The van der Waals surface area contributed by atoms with Crippen LogP contribution in [0.3, 0.4) is 0 Å². The molecule has 0 aliphatic heterocycles. The summed E-state index contributed by atoms with van der Waals surface area (Å²) in [5.41, 5.74) is 0. The smallest absolute Gasteiger partial charge is 0.0171 e. The molecule has 1 aliphatic carbocycles. The molecular weight excluding hydrogens is 236 g/mol. The minimum absolute atomic E-state index is 0.772. The third kappa shape index (κ3) is 3.56. The first-order valence-corrected chi connectivity index (χ1v) is 7.20. The summed E-state index contributed by atoms with van der Waals surface area (Å²) >= 11 is 3.83. The maximum absolute atomic E-state index is 3.83. The van der Waals surface area contributed by atoms with Crippen LogP contribution in [-0.2, 0) is 0 Å². The molecule has 0 aromatic heterocycles. The van der Waals surface area contributed by atoms with Crippen molar-refractivity contribution in [3.05, 3.63) is 0 Å². The molecule has 0 radical (unpaired) electrons. The van der Waals surface area contributed by atoms with E-state index in [-0.39, 0.29) is 0 Å². The van der Waals surface area contributed by atoms with Crippen LogP contribution in [0.15, 0.2) is 0 Å². The molecule has 0 nitrogen and oxygen atoms in total. The first kappa shape index (κ1) is 12.5. The Hall–Kier alpha value is 0.480. The Kier molecular flexibility index (Phi) is 5.51. The van der Waals surface area contributed by atoms with Crippen LogP contribution in [0, 0.1) is 17.8 Å². The third-order valence-electron chi connectivity index (χ3n) is 3.90. The summed E-state index contributed by atoms with van der Waals surface area (Å²) in [6.07, 6.45) is 8.58. The van der Waals surface area contributed by atoms with Gasteiger partial charge in [-0.1, -0.05) is 49.5 Å². The van der Waals surface area contributed by atoms with Crippen molar-refractivity contribution in [2.75, 3.05) is 0 Å². The molecule has 0 N–H and O–H groups in total. The molecule has 84 valence electrons.